The van der Waals surface area contributed by atoms with E-state index in [0.717, 1.165) is 60.3 Å². The summed E-state index contributed by atoms with van der Waals surface area (Å²) in [6, 6.07) is 7.96. The number of benzene rings is 1. The lowest BCUT2D eigenvalue weighted by Gasteiger charge is -2.28. The van der Waals surface area contributed by atoms with Crippen LogP contribution in [-0.2, 0) is 20.9 Å². The second-order valence-electron chi connectivity index (χ2n) is 9.95. The summed E-state index contributed by atoms with van der Waals surface area (Å²) in [7, 11) is -3.72. The third-order valence-corrected chi connectivity index (χ3v) is 9.44. The normalized spacial score (nSPS) is 17.1. The van der Waals surface area contributed by atoms with Crippen molar-refractivity contribution in [3.05, 3.63) is 64.1 Å². The van der Waals surface area contributed by atoms with Gasteiger partial charge in [-0.05, 0) is 57.0 Å². The molecule has 14 heteroatoms. The van der Waals surface area contributed by atoms with Gasteiger partial charge in [-0.1, -0.05) is 11.6 Å². The third-order valence-electron chi connectivity index (χ3n) is 7.26. The molecule has 0 unspecified atom stereocenters. The largest absolute Gasteiger partial charge is 0.417 e. The van der Waals surface area contributed by atoms with Crippen molar-refractivity contribution in [3.8, 4) is 5.69 Å². The number of nitrogens with one attached hydrogen (secondary N) is 1. The monoisotopic (exact) mass is 610 g/mol. The van der Waals surface area contributed by atoms with E-state index in [0.29, 0.717) is 32.5 Å². The van der Waals surface area contributed by atoms with Crippen LogP contribution in [0.3, 0.4) is 0 Å². The molecule has 0 atom stereocenters. The Morgan fingerprint density at radius 3 is 2.41 bits per heavy atom. The minimum Gasteiger partial charge on any atom is -0.379 e. The van der Waals surface area contributed by atoms with Crippen molar-refractivity contribution in [2.24, 2.45) is 5.10 Å². The molecule has 9 nitrogen and oxygen atoms in total. The van der Waals surface area contributed by atoms with Crippen LogP contribution in [0.4, 0.5) is 24.7 Å². The molecule has 5 rings (SSSR count). The fourth-order valence-corrected chi connectivity index (χ4v) is 6.77. The van der Waals surface area contributed by atoms with Crippen LogP contribution in [0.1, 0.15) is 35.4 Å². The van der Waals surface area contributed by atoms with E-state index in [1.54, 1.807) is 12.1 Å². The maximum atomic E-state index is 13.5. The number of nitrogens with zero attached hydrogens (tertiary/aromatic N) is 5. The SMILES string of the molecule is Cc1cc(/C=N/Nc2ncc(C(F)(F)F)cc2Cl)c(C)n1-c1cc(S(=O)(=O)N2CCOCC2)ccc1N1CCCC1. The first-order valence-electron chi connectivity index (χ1n) is 13.1. The van der Waals surface area contributed by atoms with E-state index in [1.165, 1.54) is 10.5 Å². The minimum absolute atomic E-state index is 0.0120. The topological polar surface area (TPSA) is 92.1 Å². The number of aromatic nitrogens is 2. The number of hydrogen-bond acceptors (Lipinski definition) is 7. The van der Waals surface area contributed by atoms with Gasteiger partial charge in [0, 0.05) is 49.3 Å². The highest BCUT2D eigenvalue weighted by Gasteiger charge is 2.32. The molecule has 0 spiro atoms. The molecule has 220 valence electrons. The Kier molecular flexibility index (Phi) is 8.33. The van der Waals surface area contributed by atoms with Crippen molar-refractivity contribution in [2.45, 2.75) is 37.8 Å². The maximum Gasteiger partial charge on any atom is 0.417 e. The van der Waals surface area contributed by atoms with Crippen LogP contribution in [0.2, 0.25) is 5.02 Å². The minimum atomic E-state index is -4.55. The van der Waals surface area contributed by atoms with Crippen LogP contribution in [-0.4, -0.2) is 67.9 Å². The average Bonchev–Trinajstić information content (AvgIpc) is 3.57. The third kappa shape index (κ3) is 6.08. The molecule has 3 aromatic rings. The number of ether oxygens (including phenoxy) is 1. The van der Waals surface area contributed by atoms with Gasteiger partial charge in [-0.2, -0.15) is 22.6 Å². The Labute approximate surface area is 241 Å². The van der Waals surface area contributed by atoms with Gasteiger partial charge >= 0.3 is 6.18 Å². The maximum absolute atomic E-state index is 13.5. The Balaban J connectivity index is 1.48. The predicted octanol–water partition coefficient (Wildman–Crippen LogP) is 5.23. The molecule has 0 aliphatic carbocycles. The molecule has 2 aliphatic rings. The van der Waals surface area contributed by atoms with Gasteiger partial charge in [-0.15, -0.1) is 0 Å². The summed E-state index contributed by atoms with van der Waals surface area (Å²) in [6.45, 7) is 6.89. The summed E-state index contributed by atoms with van der Waals surface area (Å²) < 4.78 is 74.5. The van der Waals surface area contributed by atoms with Crippen LogP contribution in [0, 0.1) is 13.8 Å². The molecular formula is C27H30ClF3N6O3S. The van der Waals surface area contributed by atoms with Crippen molar-refractivity contribution < 1.29 is 26.3 Å². The van der Waals surface area contributed by atoms with Gasteiger partial charge in [-0.25, -0.2) is 13.4 Å². The van der Waals surface area contributed by atoms with E-state index in [4.69, 9.17) is 16.3 Å². The number of alkyl halides is 3. The molecule has 4 heterocycles. The molecule has 2 saturated heterocycles. The fraction of sp³-hybridized carbons (Fsp3) is 0.407. The first-order chi connectivity index (χ1) is 19.5. The molecule has 2 aromatic heterocycles. The molecule has 0 saturated carbocycles. The zero-order valence-electron chi connectivity index (χ0n) is 22.6. The molecule has 2 fully saturated rings. The lowest BCUT2D eigenvalue weighted by Crippen LogP contribution is -2.40. The van der Waals surface area contributed by atoms with Crippen molar-refractivity contribution in [1.29, 1.82) is 0 Å². The van der Waals surface area contributed by atoms with Crippen LogP contribution in [0.15, 0.2) is 46.5 Å². The summed E-state index contributed by atoms with van der Waals surface area (Å²) in [6.07, 6.45) is -0.226. The highest BCUT2D eigenvalue weighted by Crippen LogP contribution is 2.35. The first kappa shape index (κ1) is 29.4. The zero-order chi connectivity index (χ0) is 29.4. The summed E-state index contributed by atoms with van der Waals surface area (Å²) in [5.74, 6) is -0.0120. The van der Waals surface area contributed by atoms with Crippen molar-refractivity contribution >= 4 is 39.3 Å². The number of anilines is 2. The van der Waals surface area contributed by atoms with E-state index in [1.807, 2.05) is 30.5 Å². The van der Waals surface area contributed by atoms with Crippen LogP contribution >= 0.6 is 11.6 Å². The number of pyridine rings is 1. The Hall–Kier alpha value is -3.13. The summed E-state index contributed by atoms with van der Waals surface area (Å²) in [4.78, 5) is 6.21. The average molecular weight is 611 g/mol. The smallest absolute Gasteiger partial charge is 0.379 e. The number of halogens is 4. The molecule has 1 N–H and O–H groups in total. The van der Waals surface area contributed by atoms with E-state index in [-0.39, 0.29) is 15.7 Å². The lowest BCUT2D eigenvalue weighted by atomic mass is 10.2. The van der Waals surface area contributed by atoms with Gasteiger partial charge in [0.05, 0.1) is 46.3 Å². The highest BCUT2D eigenvalue weighted by molar-refractivity contribution is 7.89. The number of rotatable bonds is 7. The van der Waals surface area contributed by atoms with Gasteiger partial charge in [0.1, 0.15) is 0 Å². The van der Waals surface area contributed by atoms with E-state index < -0.39 is 21.8 Å². The number of sulfonamides is 1. The van der Waals surface area contributed by atoms with Gasteiger partial charge in [0.25, 0.3) is 0 Å². The van der Waals surface area contributed by atoms with Crippen molar-refractivity contribution in [2.75, 3.05) is 49.7 Å². The molecule has 0 bridgehead atoms. The van der Waals surface area contributed by atoms with Gasteiger partial charge in [-0.3, -0.25) is 5.43 Å². The molecule has 0 radical (unpaired) electrons. The number of aryl methyl sites for hydroxylation is 1. The number of morpholine rings is 1. The first-order valence-corrected chi connectivity index (χ1v) is 15.0. The standard InChI is InChI=1S/C27H30ClF3N6O3S/c1-18-13-20(16-33-34-26-23(28)14-21(17-32-26)27(29,30)31)19(2)37(18)25-15-22(5-6-24(25)35-7-3-4-8-35)41(38,39)36-9-11-40-12-10-36/h5-6,13-17H,3-4,7-12H2,1-2H3,(H,32,34)/b33-16+. The molecule has 0 amide bonds. The zero-order valence-corrected chi connectivity index (χ0v) is 24.2. The van der Waals surface area contributed by atoms with Crippen molar-refractivity contribution in [1.82, 2.24) is 13.9 Å². The van der Waals surface area contributed by atoms with Crippen LogP contribution in [0.25, 0.3) is 5.69 Å². The Bertz CT molecular complexity index is 1560. The molecular weight excluding hydrogens is 581 g/mol. The van der Waals surface area contributed by atoms with E-state index in [2.05, 4.69) is 20.4 Å². The number of hydrogen-bond donors (Lipinski definition) is 1. The fourth-order valence-electron chi connectivity index (χ4n) is 5.13. The quantitative estimate of drug-likeness (QED) is 0.291. The molecule has 1 aromatic carbocycles. The van der Waals surface area contributed by atoms with Crippen molar-refractivity contribution in [3.63, 3.8) is 0 Å². The van der Waals surface area contributed by atoms with Gasteiger partial charge in [0.15, 0.2) is 5.82 Å². The summed E-state index contributed by atoms with van der Waals surface area (Å²) >= 11 is 5.98. The second-order valence-corrected chi connectivity index (χ2v) is 12.3. The van der Waals surface area contributed by atoms with Crippen LogP contribution in [0.5, 0.6) is 0 Å². The van der Waals surface area contributed by atoms with E-state index >= 15 is 0 Å². The van der Waals surface area contributed by atoms with Crippen LogP contribution < -0.4 is 10.3 Å². The number of hydrazone groups is 1. The van der Waals surface area contributed by atoms with Gasteiger partial charge in [0.2, 0.25) is 10.0 Å². The summed E-state index contributed by atoms with van der Waals surface area (Å²) in [5.41, 5.74) is 5.73. The highest BCUT2D eigenvalue weighted by atomic mass is 35.5. The second kappa shape index (κ2) is 11.6. The predicted molar refractivity (Wildman–Crippen MR) is 152 cm³/mol. The van der Waals surface area contributed by atoms with Gasteiger partial charge < -0.3 is 14.2 Å². The lowest BCUT2D eigenvalue weighted by molar-refractivity contribution is -0.137. The summed E-state index contributed by atoms with van der Waals surface area (Å²) in [5, 5.41) is 3.94. The van der Waals surface area contributed by atoms with E-state index in [9.17, 15) is 21.6 Å². The Morgan fingerprint density at radius 1 is 1.05 bits per heavy atom. The molecule has 2 aliphatic heterocycles. The molecule has 41 heavy (non-hydrogen) atoms. The Morgan fingerprint density at radius 2 is 1.76 bits per heavy atom.